The highest BCUT2D eigenvalue weighted by molar-refractivity contribution is 7.99. The van der Waals surface area contributed by atoms with Crippen molar-refractivity contribution in [1.29, 1.82) is 0 Å². The molecule has 4 heterocycles. The Kier molecular flexibility index (Phi) is 5.77. The number of nitrogens with zero attached hydrogens (tertiary/aromatic N) is 2. The second-order valence-corrected chi connectivity index (χ2v) is 9.16. The highest BCUT2D eigenvalue weighted by atomic mass is 32.2. The Morgan fingerprint density at radius 1 is 1.08 bits per heavy atom. The molecule has 3 aromatic rings. The average molecular weight is 404 g/mol. The maximum absolute atomic E-state index is 12.5. The van der Waals surface area contributed by atoms with Crippen LogP contribution in [0.15, 0.2) is 40.2 Å². The molecule has 1 fully saturated rings. The van der Waals surface area contributed by atoms with E-state index in [4.69, 9.17) is 4.98 Å². The molecule has 1 amide bonds. The van der Waals surface area contributed by atoms with Crippen molar-refractivity contribution in [2.75, 3.05) is 18.8 Å². The van der Waals surface area contributed by atoms with Crippen molar-refractivity contribution in [3.05, 3.63) is 35.0 Å². The van der Waals surface area contributed by atoms with Crippen molar-refractivity contribution >= 4 is 40.3 Å². The Hall–Kier alpha value is -1.57. The van der Waals surface area contributed by atoms with E-state index in [0.717, 1.165) is 47.4 Å². The first kappa shape index (κ1) is 17.8. The quantitative estimate of drug-likeness (QED) is 0.583. The van der Waals surface area contributed by atoms with E-state index in [9.17, 15) is 4.79 Å². The van der Waals surface area contributed by atoms with E-state index in [0.29, 0.717) is 5.75 Å². The van der Waals surface area contributed by atoms with Crippen LogP contribution in [-0.2, 0) is 4.79 Å². The second-order valence-electron chi connectivity index (χ2n) is 6.30. The van der Waals surface area contributed by atoms with Crippen LogP contribution in [0.5, 0.6) is 0 Å². The SMILES string of the molecule is O=C(CSc1nc(-c2cccs2)c(-c2cccs2)[nH]1)N1CCCCCC1. The number of thioether (sulfide) groups is 1. The Labute approximate surface area is 165 Å². The lowest BCUT2D eigenvalue weighted by atomic mass is 10.2. The summed E-state index contributed by atoms with van der Waals surface area (Å²) in [6.45, 7) is 1.80. The zero-order chi connectivity index (χ0) is 17.8. The first-order chi connectivity index (χ1) is 12.8. The molecule has 0 radical (unpaired) electrons. The van der Waals surface area contributed by atoms with E-state index >= 15 is 0 Å². The molecule has 1 aliphatic rings. The summed E-state index contributed by atoms with van der Waals surface area (Å²) >= 11 is 4.90. The van der Waals surface area contributed by atoms with Gasteiger partial charge in [0.25, 0.3) is 0 Å². The average Bonchev–Trinajstić information content (AvgIpc) is 3.38. The first-order valence-corrected chi connectivity index (χ1v) is 11.6. The lowest BCUT2D eigenvalue weighted by Gasteiger charge is -2.19. The van der Waals surface area contributed by atoms with Gasteiger partial charge in [0.1, 0.15) is 5.69 Å². The Morgan fingerprint density at radius 2 is 1.77 bits per heavy atom. The molecule has 0 atom stereocenters. The van der Waals surface area contributed by atoms with E-state index in [1.165, 1.54) is 29.5 Å². The molecular weight excluding hydrogens is 382 g/mol. The van der Waals surface area contributed by atoms with Crippen LogP contribution in [0, 0.1) is 0 Å². The van der Waals surface area contributed by atoms with Crippen molar-refractivity contribution in [3.8, 4) is 21.1 Å². The molecule has 0 aliphatic carbocycles. The normalized spacial score (nSPS) is 15.2. The predicted molar refractivity (Wildman–Crippen MR) is 111 cm³/mol. The van der Waals surface area contributed by atoms with Gasteiger partial charge in [-0.2, -0.15) is 0 Å². The lowest BCUT2D eigenvalue weighted by Crippen LogP contribution is -2.33. The minimum atomic E-state index is 0.226. The molecule has 7 heteroatoms. The number of thiophene rings is 2. The molecule has 4 nitrogen and oxygen atoms in total. The van der Waals surface area contributed by atoms with Gasteiger partial charge in [0.2, 0.25) is 5.91 Å². The fraction of sp³-hybridized carbons (Fsp3) is 0.368. The molecule has 26 heavy (non-hydrogen) atoms. The summed E-state index contributed by atoms with van der Waals surface area (Å²) in [5.74, 6) is 0.671. The summed E-state index contributed by atoms with van der Waals surface area (Å²) in [7, 11) is 0. The molecule has 3 aromatic heterocycles. The largest absolute Gasteiger partial charge is 0.342 e. The minimum absolute atomic E-state index is 0.226. The summed E-state index contributed by atoms with van der Waals surface area (Å²) in [6, 6.07) is 8.29. The predicted octanol–water partition coefficient (Wildman–Crippen LogP) is 5.36. The fourth-order valence-electron chi connectivity index (χ4n) is 3.15. The lowest BCUT2D eigenvalue weighted by molar-refractivity contribution is -0.128. The molecule has 0 aromatic carbocycles. The highest BCUT2D eigenvalue weighted by Gasteiger charge is 2.19. The highest BCUT2D eigenvalue weighted by Crippen LogP contribution is 2.36. The summed E-state index contributed by atoms with van der Waals surface area (Å²) in [6.07, 6.45) is 4.73. The van der Waals surface area contributed by atoms with Gasteiger partial charge in [-0.05, 0) is 35.7 Å². The molecule has 0 bridgehead atoms. The monoisotopic (exact) mass is 403 g/mol. The van der Waals surface area contributed by atoms with E-state index in [2.05, 4.69) is 33.9 Å². The third-order valence-electron chi connectivity index (χ3n) is 4.50. The minimum Gasteiger partial charge on any atom is -0.342 e. The smallest absolute Gasteiger partial charge is 0.233 e. The number of nitrogens with one attached hydrogen (secondary N) is 1. The molecule has 1 saturated heterocycles. The third kappa shape index (κ3) is 4.05. The summed E-state index contributed by atoms with van der Waals surface area (Å²) in [5, 5.41) is 4.96. The molecule has 4 rings (SSSR count). The molecular formula is C19H21N3OS3. The van der Waals surface area contributed by atoms with Crippen LogP contribution in [0.2, 0.25) is 0 Å². The van der Waals surface area contributed by atoms with Gasteiger partial charge >= 0.3 is 0 Å². The number of amides is 1. The van der Waals surface area contributed by atoms with Crippen molar-refractivity contribution in [3.63, 3.8) is 0 Å². The summed E-state index contributed by atoms with van der Waals surface area (Å²) < 4.78 is 0. The number of likely N-dealkylation sites (tertiary alicyclic amines) is 1. The van der Waals surface area contributed by atoms with E-state index < -0.39 is 0 Å². The van der Waals surface area contributed by atoms with Gasteiger partial charge in [-0.3, -0.25) is 4.79 Å². The van der Waals surface area contributed by atoms with Crippen LogP contribution in [0.4, 0.5) is 0 Å². The van der Waals surface area contributed by atoms with E-state index in [-0.39, 0.29) is 5.91 Å². The number of carbonyl (C=O) groups is 1. The Morgan fingerprint density at radius 3 is 2.42 bits per heavy atom. The van der Waals surface area contributed by atoms with Crippen molar-refractivity contribution in [2.24, 2.45) is 0 Å². The van der Waals surface area contributed by atoms with Crippen LogP contribution in [-0.4, -0.2) is 39.6 Å². The zero-order valence-corrected chi connectivity index (χ0v) is 16.9. The number of aromatic amines is 1. The topological polar surface area (TPSA) is 49.0 Å². The number of carbonyl (C=O) groups excluding carboxylic acids is 1. The molecule has 0 saturated carbocycles. The van der Waals surface area contributed by atoms with Gasteiger partial charge in [0, 0.05) is 13.1 Å². The van der Waals surface area contributed by atoms with Crippen LogP contribution in [0.1, 0.15) is 25.7 Å². The second kappa shape index (κ2) is 8.41. The molecule has 136 valence electrons. The van der Waals surface area contributed by atoms with Gasteiger partial charge < -0.3 is 9.88 Å². The summed E-state index contributed by atoms with van der Waals surface area (Å²) in [4.78, 5) is 25.1. The number of H-pyrrole nitrogens is 1. The van der Waals surface area contributed by atoms with Crippen LogP contribution >= 0.6 is 34.4 Å². The number of hydrogen-bond acceptors (Lipinski definition) is 5. The van der Waals surface area contributed by atoms with Crippen LogP contribution in [0.3, 0.4) is 0 Å². The van der Waals surface area contributed by atoms with Gasteiger partial charge in [0.15, 0.2) is 5.16 Å². The van der Waals surface area contributed by atoms with Crippen molar-refractivity contribution < 1.29 is 4.79 Å². The molecule has 0 spiro atoms. The number of aromatic nitrogens is 2. The number of rotatable bonds is 5. The first-order valence-electron chi connectivity index (χ1n) is 8.89. The number of imidazole rings is 1. The van der Waals surface area contributed by atoms with Gasteiger partial charge in [-0.1, -0.05) is 36.7 Å². The Bertz CT molecular complexity index is 780. The standard InChI is InChI=1S/C19H21N3OS3/c23-16(22-9-3-1-2-4-10-22)13-26-19-20-17(14-7-5-11-24-14)18(21-19)15-8-6-12-25-15/h5-8,11-12H,1-4,9-10,13H2,(H,20,21). The van der Waals surface area contributed by atoms with E-state index in [1.807, 2.05) is 11.0 Å². The van der Waals surface area contributed by atoms with Crippen LogP contribution in [0.25, 0.3) is 21.1 Å². The zero-order valence-electron chi connectivity index (χ0n) is 14.4. The van der Waals surface area contributed by atoms with Crippen LogP contribution < -0.4 is 0 Å². The maximum atomic E-state index is 12.5. The van der Waals surface area contributed by atoms with Gasteiger partial charge in [0.05, 0.1) is 21.2 Å². The van der Waals surface area contributed by atoms with Gasteiger partial charge in [-0.25, -0.2) is 4.98 Å². The third-order valence-corrected chi connectivity index (χ3v) is 7.12. The molecule has 1 aliphatic heterocycles. The maximum Gasteiger partial charge on any atom is 0.233 e. The number of hydrogen-bond donors (Lipinski definition) is 1. The molecule has 0 unspecified atom stereocenters. The Balaban J connectivity index is 1.50. The fourth-order valence-corrected chi connectivity index (χ4v) is 5.37. The van der Waals surface area contributed by atoms with Crippen molar-refractivity contribution in [2.45, 2.75) is 30.8 Å². The summed E-state index contributed by atoms with van der Waals surface area (Å²) in [5.41, 5.74) is 2.03. The van der Waals surface area contributed by atoms with E-state index in [1.54, 1.807) is 22.7 Å². The van der Waals surface area contributed by atoms with Crippen molar-refractivity contribution in [1.82, 2.24) is 14.9 Å². The molecule has 1 N–H and O–H groups in total. The van der Waals surface area contributed by atoms with Gasteiger partial charge in [-0.15, -0.1) is 22.7 Å².